The first-order valence-corrected chi connectivity index (χ1v) is 6.43. The van der Waals surface area contributed by atoms with Crippen molar-refractivity contribution in [1.29, 1.82) is 0 Å². The van der Waals surface area contributed by atoms with Crippen molar-refractivity contribution in [2.45, 2.75) is 31.7 Å². The van der Waals surface area contributed by atoms with Crippen LogP contribution in [0.3, 0.4) is 0 Å². The lowest BCUT2D eigenvalue weighted by Crippen LogP contribution is -2.36. The smallest absolute Gasteiger partial charge is 0.366 e. The van der Waals surface area contributed by atoms with Crippen molar-refractivity contribution in [3.8, 4) is 0 Å². The van der Waals surface area contributed by atoms with Crippen LogP contribution in [0.1, 0.15) is 31.7 Å². The van der Waals surface area contributed by atoms with Crippen LogP contribution in [-0.2, 0) is 4.79 Å². The first-order valence-electron chi connectivity index (χ1n) is 6.43. The Labute approximate surface area is 111 Å². The first kappa shape index (κ1) is 13.4. The van der Waals surface area contributed by atoms with E-state index in [9.17, 15) is 9.59 Å². The van der Waals surface area contributed by atoms with Gasteiger partial charge in [-0.1, -0.05) is 12.8 Å². The van der Waals surface area contributed by atoms with Gasteiger partial charge in [-0.2, -0.15) is 4.68 Å². The molecule has 1 fully saturated rings. The van der Waals surface area contributed by atoms with E-state index in [-0.39, 0.29) is 18.3 Å². The maximum atomic E-state index is 12.3. The Hall–Kier alpha value is -1.99. The van der Waals surface area contributed by atoms with Crippen LogP contribution in [0.5, 0.6) is 0 Å². The van der Waals surface area contributed by atoms with Gasteiger partial charge in [0.2, 0.25) is 11.9 Å². The van der Waals surface area contributed by atoms with Crippen molar-refractivity contribution >= 4 is 11.9 Å². The Kier molecular flexibility index (Phi) is 3.77. The highest BCUT2D eigenvalue weighted by Crippen LogP contribution is 2.28. The van der Waals surface area contributed by atoms with Gasteiger partial charge in [-0.3, -0.25) is 4.79 Å². The summed E-state index contributed by atoms with van der Waals surface area (Å²) < 4.78 is 2.84. The van der Waals surface area contributed by atoms with Gasteiger partial charge in [0.1, 0.15) is 0 Å². The molecule has 19 heavy (non-hydrogen) atoms. The zero-order chi connectivity index (χ0) is 14.0. The predicted molar refractivity (Wildman–Crippen MR) is 71.7 cm³/mol. The maximum absolute atomic E-state index is 12.3. The third-order valence-electron chi connectivity index (χ3n) is 3.41. The molecule has 1 aromatic heterocycles. The van der Waals surface area contributed by atoms with Gasteiger partial charge < -0.3 is 16.1 Å². The van der Waals surface area contributed by atoms with E-state index in [0.29, 0.717) is 5.95 Å². The Morgan fingerprint density at radius 2 is 2.16 bits per heavy atom. The highest BCUT2D eigenvalue weighted by molar-refractivity contribution is 5.78. The zero-order valence-electron chi connectivity index (χ0n) is 11.3. The molecule has 0 saturated heterocycles. The fourth-order valence-electron chi connectivity index (χ4n) is 2.51. The molecule has 1 aliphatic rings. The average molecular weight is 268 g/mol. The van der Waals surface area contributed by atoms with Crippen LogP contribution in [0.25, 0.3) is 0 Å². The molecule has 2 rings (SSSR count). The summed E-state index contributed by atoms with van der Waals surface area (Å²) in [5.41, 5.74) is 7.75. The van der Waals surface area contributed by atoms with Crippen LogP contribution in [0.4, 0.5) is 5.95 Å². The Morgan fingerprint density at radius 1 is 1.53 bits per heavy atom. The molecule has 8 nitrogen and oxygen atoms in total. The van der Waals surface area contributed by atoms with Crippen LogP contribution in [0.2, 0.25) is 0 Å². The van der Waals surface area contributed by atoms with Gasteiger partial charge in [0.25, 0.3) is 0 Å². The minimum atomic E-state index is -0.465. The fourth-order valence-corrected chi connectivity index (χ4v) is 2.51. The number of anilines is 1. The van der Waals surface area contributed by atoms with Gasteiger partial charge >= 0.3 is 5.69 Å². The molecule has 1 heterocycles. The lowest BCUT2D eigenvalue weighted by atomic mass is 10.3. The van der Waals surface area contributed by atoms with E-state index in [0.717, 1.165) is 25.7 Å². The summed E-state index contributed by atoms with van der Waals surface area (Å²) in [6.07, 6.45) is 4.19. The van der Waals surface area contributed by atoms with Crippen molar-refractivity contribution in [2.24, 2.45) is 5.73 Å². The molecule has 1 aromatic rings. The number of amides is 1. The van der Waals surface area contributed by atoms with Crippen LogP contribution < -0.4 is 21.7 Å². The normalized spacial score (nSPS) is 15.7. The molecule has 1 amide bonds. The minimum Gasteiger partial charge on any atom is -0.368 e. The second kappa shape index (κ2) is 5.33. The van der Waals surface area contributed by atoms with Gasteiger partial charge in [0.15, 0.2) is 0 Å². The van der Waals surface area contributed by atoms with E-state index >= 15 is 0 Å². The van der Waals surface area contributed by atoms with Crippen LogP contribution >= 0.6 is 0 Å². The summed E-state index contributed by atoms with van der Waals surface area (Å²) in [6.45, 7) is 0.0167. The van der Waals surface area contributed by atoms with Crippen molar-refractivity contribution in [3.63, 3.8) is 0 Å². The molecular formula is C11H20N6O2. The van der Waals surface area contributed by atoms with Crippen LogP contribution in [-0.4, -0.2) is 41.0 Å². The molecule has 8 heteroatoms. The lowest BCUT2D eigenvalue weighted by molar-refractivity contribution is -0.116. The summed E-state index contributed by atoms with van der Waals surface area (Å²) in [7, 11) is 3.32. The summed E-state index contributed by atoms with van der Waals surface area (Å²) in [5.74, 6) is -0.0637. The van der Waals surface area contributed by atoms with Gasteiger partial charge in [-0.25, -0.2) is 9.48 Å². The second-order valence-corrected chi connectivity index (χ2v) is 4.85. The first-order chi connectivity index (χ1) is 9.04. The highest BCUT2D eigenvalue weighted by atomic mass is 16.2. The molecule has 0 aliphatic heterocycles. The summed E-state index contributed by atoms with van der Waals surface area (Å²) >= 11 is 0. The molecule has 0 spiro atoms. The number of hydrogen-bond acceptors (Lipinski definition) is 5. The van der Waals surface area contributed by atoms with E-state index in [2.05, 4.69) is 10.5 Å². The number of nitrogens with zero attached hydrogens (tertiary/aromatic N) is 4. The number of carbonyl (C=O) groups is 1. The molecule has 1 aliphatic carbocycles. The maximum Gasteiger partial charge on any atom is 0.366 e. The van der Waals surface area contributed by atoms with E-state index in [4.69, 9.17) is 5.73 Å². The largest absolute Gasteiger partial charge is 0.368 e. The van der Waals surface area contributed by atoms with Crippen LogP contribution in [0.15, 0.2) is 4.79 Å². The summed E-state index contributed by atoms with van der Waals surface area (Å²) in [6, 6.07) is 0.155. The Bertz CT molecular complexity index is 514. The Morgan fingerprint density at radius 3 is 2.68 bits per heavy atom. The molecule has 3 N–H and O–H groups in total. The summed E-state index contributed by atoms with van der Waals surface area (Å²) in [4.78, 5) is 24.8. The van der Waals surface area contributed by atoms with Crippen molar-refractivity contribution in [2.75, 3.05) is 31.0 Å². The van der Waals surface area contributed by atoms with Gasteiger partial charge in [-0.05, 0) is 12.8 Å². The molecular weight excluding hydrogens is 248 g/mol. The summed E-state index contributed by atoms with van der Waals surface area (Å²) in [5, 5.41) is 4.34. The van der Waals surface area contributed by atoms with Crippen LogP contribution in [0, 0.1) is 0 Å². The van der Waals surface area contributed by atoms with Crippen molar-refractivity contribution in [3.05, 3.63) is 10.5 Å². The van der Waals surface area contributed by atoms with E-state index in [1.54, 1.807) is 19.0 Å². The zero-order valence-corrected chi connectivity index (χ0v) is 11.3. The van der Waals surface area contributed by atoms with Crippen molar-refractivity contribution < 1.29 is 4.79 Å². The third-order valence-corrected chi connectivity index (χ3v) is 3.41. The van der Waals surface area contributed by atoms with Crippen molar-refractivity contribution in [1.82, 2.24) is 14.5 Å². The number of likely N-dealkylation sites (N-methyl/N-ethyl adjacent to an activating group) is 1. The minimum absolute atomic E-state index is 0.0167. The van der Waals surface area contributed by atoms with Gasteiger partial charge in [0.05, 0.1) is 12.6 Å². The number of nitrogens with two attached hydrogens (primary N) is 1. The monoisotopic (exact) mass is 268 g/mol. The molecule has 0 unspecified atom stereocenters. The lowest BCUT2D eigenvalue weighted by Gasteiger charge is -2.15. The number of primary amides is 1. The Balaban J connectivity index is 2.35. The van der Waals surface area contributed by atoms with E-state index < -0.39 is 5.91 Å². The highest BCUT2D eigenvalue weighted by Gasteiger charge is 2.24. The molecule has 0 bridgehead atoms. The quantitative estimate of drug-likeness (QED) is 0.732. The number of nitrogens with one attached hydrogen (secondary N) is 1. The topological polar surface area (TPSA) is 98.2 Å². The third kappa shape index (κ3) is 2.56. The number of rotatable bonds is 5. The number of carbonyl (C=O) groups excluding carboxylic acids is 1. The molecule has 0 radical (unpaired) electrons. The number of hydrogen-bond donors (Lipinski definition) is 2. The van der Waals surface area contributed by atoms with Gasteiger partial charge in [0, 0.05) is 14.1 Å². The molecule has 0 aromatic carbocycles. The SMILES string of the molecule is CNn1c(N(C)CC(N)=O)nn(C2CCCC2)c1=O. The fraction of sp³-hybridized carbons (Fsp3) is 0.727. The number of aromatic nitrogens is 3. The second-order valence-electron chi connectivity index (χ2n) is 4.85. The molecule has 106 valence electrons. The van der Waals surface area contributed by atoms with E-state index in [1.807, 2.05) is 0 Å². The van der Waals surface area contributed by atoms with Gasteiger partial charge in [-0.15, -0.1) is 5.10 Å². The van der Waals surface area contributed by atoms with E-state index in [1.165, 1.54) is 9.36 Å². The standard InChI is InChI=1S/C11H20N6O2/c1-13-17-10(15(2)7-9(12)18)14-16(11(17)19)8-5-3-4-6-8/h8,13H,3-7H2,1-2H3,(H2,12,18). The molecule has 1 saturated carbocycles. The average Bonchev–Trinajstić information content (AvgIpc) is 2.94. The predicted octanol–water partition coefficient (Wildman–Crippen LogP) is -0.745. The molecule has 0 atom stereocenters.